The molecule has 2 bridgehead atoms. The third-order valence-electron chi connectivity index (χ3n) is 3.35. The summed E-state index contributed by atoms with van der Waals surface area (Å²) >= 11 is 0. The molecule has 0 aromatic heterocycles. The predicted octanol–water partition coefficient (Wildman–Crippen LogP) is 2.63. The summed E-state index contributed by atoms with van der Waals surface area (Å²) in [6.07, 6.45) is 6.47. The summed E-state index contributed by atoms with van der Waals surface area (Å²) in [5.41, 5.74) is 1.90. The summed E-state index contributed by atoms with van der Waals surface area (Å²) in [6, 6.07) is 3.17. The van der Waals surface area contributed by atoms with Crippen LogP contribution in [0.4, 0.5) is 0 Å². The quantitative estimate of drug-likeness (QED) is 0.485. The molecule has 0 fully saturated rings. The zero-order valence-corrected chi connectivity index (χ0v) is 7.77. The van der Waals surface area contributed by atoms with E-state index in [0.29, 0.717) is 23.3 Å². The van der Waals surface area contributed by atoms with Crippen molar-refractivity contribution in [1.29, 1.82) is 0 Å². The first-order chi connectivity index (χ1) is 6.77. The lowest BCUT2D eigenvalue weighted by Crippen LogP contribution is -2.17. The SMILES string of the molecule is Oc1ccc(O)c2c1[C@@H]1C=C[C@H]2CC1. The number of phenols is 2. The van der Waals surface area contributed by atoms with Crippen LogP contribution in [0.2, 0.25) is 0 Å². The number of allylic oxidation sites excluding steroid dienone is 2. The predicted molar refractivity (Wildman–Crippen MR) is 53.6 cm³/mol. The van der Waals surface area contributed by atoms with Gasteiger partial charge in [-0.3, -0.25) is 0 Å². The molecule has 3 aliphatic rings. The van der Waals surface area contributed by atoms with E-state index in [2.05, 4.69) is 12.2 Å². The molecule has 0 amide bonds. The van der Waals surface area contributed by atoms with Gasteiger partial charge in [-0.05, 0) is 25.0 Å². The van der Waals surface area contributed by atoms with E-state index in [4.69, 9.17) is 0 Å². The third kappa shape index (κ3) is 0.857. The molecule has 2 atom stereocenters. The fourth-order valence-corrected chi connectivity index (χ4v) is 2.69. The van der Waals surface area contributed by atoms with Crippen molar-refractivity contribution in [1.82, 2.24) is 0 Å². The number of rotatable bonds is 0. The highest BCUT2D eigenvalue weighted by Gasteiger charge is 2.32. The molecule has 0 saturated heterocycles. The Kier molecular flexibility index (Phi) is 1.43. The van der Waals surface area contributed by atoms with Gasteiger partial charge >= 0.3 is 0 Å². The highest BCUT2D eigenvalue weighted by atomic mass is 16.3. The number of benzene rings is 1. The summed E-state index contributed by atoms with van der Waals surface area (Å²) in [4.78, 5) is 0. The summed E-state index contributed by atoms with van der Waals surface area (Å²) < 4.78 is 0. The highest BCUT2D eigenvalue weighted by Crippen LogP contribution is 2.51. The van der Waals surface area contributed by atoms with Crippen LogP contribution >= 0.6 is 0 Å². The van der Waals surface area contributed by atoms with E-state index in [-0.39, 0.29) is 0 Å². The first-order valence-corrected chi connectivity index (χ1v) is 5.00. The van der Waals surface area contributed by atoms with E-state index in [1.807, 2.05) is 0 Å². The molecule has 72 valence electrons. The van der Waals surface area contributed by atoms with Crippen molar-refractivity contribution in [3.63, 3.8) is 0 Å². The Morgan fingerprint density at radius 1 is 0.857 bits per heavy atom. The van der Waals surface area contributed by atoms with E-state index >= 15 is 0 Å². The summed E-state index contributed by atoms with van der Waals surface area (Å²) in [5.74, 6) is 1.28. The maximum Gasteiger partial charge on any atom is 0.119 e. The second kappa shape index (κ2) is 2.53. The molecular weight excluding hydrogens is 176 g/mol. The molecule has 2 N–H and O–H groups in total. The smallest absolute Gasteiger partial charge is 0.119 e. The van der Waals surface area contributed by atoms with Gasteiger partial charge in [-0.2, -0.15) is 0 Å². The lowest BCUT2D eigenvalue weighted by molar-refractivity contribution is 0.421. The molecular formula is C12H12O2. The van der Waals surface area contributed by atoms with Crippen LogP contribution in [0.5, 0.6) is 11.5 Å². The number of fused-ring (bicyclic) bond motifs is 1. The van der Waals surface area contributed by atoms with Crippen molar-refractivity contribution in [2.24, 2.45) is 0 Å². The molecule has 0 radical (unpaired) electrons. The minimum absolute atomic E-state index is 0.307. The van der Waals surface area contributed by atoms with Crippen molar-refractivity contribution < 1.29 is 10.2 Å². The normalized spacial score (nSPS) is 27.7. The molecule has 0 heterocycles. The number of aromatic hydroxyl groups is 2. The van der Waals surface area contributed by atoms with Gasteiger partial charge in [0.05, 0.1) is 0 Å². The molecule has 1 aromatic rings. The number of phenolic OH excluding ortho intramolecular Hbond substituents is 2. The largest absolute Gasteiger partial charge is 0.508 e. The van der Waals surface area contributed by atoms with Gasteiger partial charge in [-0.1, -0.05) is 12.2 Å². The zero-order chi connectivity index (χ0) is 9.71. The fourth-order valence-electron chi connectivity index (χ4n) is 2.69. The molecule has 0 spiro atoms. The second-order valence-corrected chi connectivity index (χ2v) is 4.11. The fraction of sp³-hybridized carbons (Fsp3) is 0.333. The Morgan fingerprint density at radius 2 is 1.29 bits per heavy atom. The van der Waals surface area contributed by atoms with Gasteiger partial charge in [-0.25, -0.2) is 0 Å². The van der Waals surface area contributed by atoms with Crippen LogP contribution in [0.15, 0.2) is 24.3 Å². The van der Waals surface area contributed by atoms with Crippen LogP contribution in [0.1, 0.15) is 35.8 Å². The van der Waals surface area contributed by atoms with Crippen molar-refractivity contribution in [3.8, 4) is 11.5 Å². The Labute approximate surface area is 82.5 Å². The number of hydrogen-bond donors (Lipinski definition) is 2. The van der Waals surface area contributed by atoms with Crippen molar-refractivity contribution in [2.45, 2.75) is 24.7 Å². The van der Waals surface area contributed by atoms with Gasteiger partial charge in [0, 0.05) is 23.0 Å². The summed E-state index contributed by atoms with van der Waals surface area (Å²) in [6.45, 7) is 0. The van der Waals surface area contributed by atoms with Gasteiger partial charge in [-0.15, -0.1) is 0 Å². The van der Waals surface area contributed by atoms with Crippen molar-refractivity contribution >= 4 is 0 Å². The second-order valence-electron chi connectivity index (χ2n) is 4.11. The topological polar surface area (TPSA) is 40.5 Å². The minimum Gasteiger partial charge on any atom is -0.508 e. The maximum atomic E-state index is 9.76. The molecule has 0 aliphatic heterocycles. The first-order valence-electron chi connectivity index (χ1n) is 5.00. The molecule has 0 saturated carbocycles. The molecule has 2 nitrogen and oxygen atoms in total. The van der Waals surface area contributed by atoms with Crippen LogP contribution in [0.3, 0.4) is 0 Å². The van der Waals surface area contributed by atoms with Crippen LogP contribution in [0.25, 0.3) is 0 Å². The first kappa shape index (κ1) is 7.92. The summed E-state index contributed by atoms with van der Waals surface area (Å²) in [7, 11) is 0. The monoisotopic (exact) mass is 188 g/mol. The average molecular weight is 188 g/mol. The Morgan fingerprint density at radius 3 is 1.64 bits per heavy atom. The average Bonchev–Trinajstić information content (AvgIpc) is 2.25. The maximum absolute atomic E-state index is 9.76. The van der Waals surface area contributed by atoms with Gasteiger partial charge in [0.2, 0.25) is 0 Å². The summed E-state index contributed by atoms with van der Waals surface area (Å²) in [5, 5.41) is 19.5. The molecule has 14 heavy (non-hydrogen) atoms. The van der Waals surface area contributed by atoms with Crippen LogP contribution < -0.4 is 0 Å². The molecule has 0 unspecified atom stereocenters. The lowest BCUT2D eigenvalue weighted by atomic mass is 9.71. The van der Waals surface area contributed by atoms with E-state index in [1.54, 1.807) is 12.1 Å². The van der Waals surface area contributed by atoms with Gasteiger partial charge in [0.1, 0.15) is 11.5 Å². The Balaban J connectivity index is 2.31. The van der Waals surface area contributed by atoms with E-state index in [9.17, 15) is 10.2 Å². The Bertz CT molecular complexity index is 382. The standard InChI is InChI=1S/C12H12O2/c13-9-5-6-10(14)12-8-2-1-7(3-4-8)11(9)12/h1-2,5-8,13-14H,3-4H2/t7-,8+. The van der Waals surface area contributed by atoms with E-state index in [0.717, 1.165) is 24.0 Å². The molecule has 2 heteroatoms. The van der Waals surface area contributed by atoms with Gasteiger partial charge in [0.15, 0.2) is 0 Å². The zero-order valence-electron chi connectivity index (χ0n) is 7.77. The van der Waals surface area contributed by atoms with Crippen molar-refractivity contribution in [2.75, 3.05) is 0 Å². The highest BCUT2D eigenvalue weighted by molar-refractivity contribution is 5.57. The molecule has 1 aromatic carbocycles. The minimum atomic E-state index is 0.307. The van der Waals surface area contributed by atoms with E-state index < -0.39 is 0 Å². The van der Waals surface area contributed by atoms with Crippen molar-refractivity contribution in [3.05, 3.63) is 35.4 Å². The van der Waals surface area contributed by atoms with Gasteiger partial charge < -0.3 is 10.2 Å². The van der Waals surface area contributed by atoms with E-state index in [1.165, 1.54) is 0 Å². The van der Waals surface area contributed by atoms with Crippen LogP contribution in [0, 0.1) is 0 Å². The van der Waals surface area contributed by atoms with Gasteiger partial charge in [0.25, 0.3) is 0 Å². The lowest BCUT2D eigenvalue weighted by Gasteiger charge is -2.34. The molecule has 4 rings (SSSR count). The Hall–Kier alpha value is -1.44. The third-order valence-corrected chi connectivity index (χ3v) is 3.35. The van der Waals surface area contributed by atoms with Crippen LogP contribution in [-0.2, 0) is 0 Å². The number of hydrogen-bond acceptors (Lipinski definition) is 2. The van der Waals surface area contributed by atoms with Crippen LogP contribution in [-0.4, -0.2) is 10.2 Å². The molecule has 3 aliphatic carbocycles.